The number of carboxylic acid groups (broad SMARTS) is 1. The summed E-state index contributed by atoms with van der Waals surface area (Å²) in [5.41, 5.74) is 6.27. The third kappa shape index (κ3) is 4.23. The molecule has 122 valence electrons. The molecule has 0 aliphatic carbocycles. The summed E-state index contributed by atoms with van der Waals surface area (Å²) in [6, 6.07) is 12.2. The van der Waals surface area contributed by atoms with Crippen molar-refractivity contribution in [1.82, 2.24) is 0 Å². The number of alkyl halides is 3. The second kappa shape index (κ2) is 6.70. The maximum atomic E-state index is 12.6. The Morgan fingerprint density at radius 2 is 1.61 bits per heavy atom. The van der Waals surface area contributed by atoms with Gasteiger partial charge in [-0.25, -0.2) is 0 Å². The van der Waals surface area contributed by atoms with Gasteiger partial charge in [-0.1, -0.05) is 48.5 Å². The Kier molecular flexibility index (Phi) is 4.90. The Balaban J connectivity index is 2.54. The van der Waals surface area contributed by atoms with Crippen LogP contribution in [0.4, 0.5) is 13.2 Å². The van der Waals surface area contributed by atoms with E-state index in [1.54, 1.807) is 30.3 Å². The molecular weight excluding hydrogens is 311 g/mol. The first-order valence-electron chi connectivity index (χ1n) is 6.67. The van der Waals surface area contributed by atoms with Gasteiger partial charge in [-0.15, -0.1) is 13.2 Å². The first-order chi connectivity index (χ1) is 10.8. The average molecular weight is 325 g/mol. The highest BCUT2D eigenvalue weighted by molar-refractivity contribution is 5.76. The molecule has 2 rings (SSSR count). The molecule has 7 heteroatoms. The zero-order chi connectivity index (χ0) is 17.0. The van der Waals surface area contributed by atoms with Crippen LogP contribution >= 0.6 is 0 Å². The van der Waals surface area contributed by atoms with E-state index in [1.165, 1.54) is 18.2 Å². The minimum absolute atomic E-state index is 0.0610. The molecule has 2 aromatic carbocycles. The maximum Gasteiger partial charge on any atom is 0.573 e. The SMILES string of the molecule is N[C@@H](C(=O)O)C(c1ccccc1)c1ccccc1OC(F)(F)F. The number of hydrogen-bond acceptors (Lipinski definition) is 3. The fraction of sp³-hybridized carbons (Fsp3) is 0.188. The molecule has 3 N–H and O–H groups in total. The molecule has 0 fully saturated rings. The van der Waals surface area contributed by atoms with Crippen LogP contribution in [0, 0.1) is 0 Å². The van der Waals surface area contributed by atoms with Crippen molar-refractivity contribution in [1.29, 1.82) is 0 Å². The lowest BCUT2D eigenvalue weighted by Crippen LogP contribution is -2.37. The second-order valence-electron chi connectivity index (χ2n) is 4.84. The van der Waals surface area contributed by atoms with Crippen molar-refractivity contribution < 1.29 is 27.8 Å². The van der Waals surface area contributed by atoms with Gasteiger partial charge < -0.3 is 15.6 Å². The topological polar surface area (TPSA) is 72.6 Å². The summed E-state index contributed by atoms with van der Waals surface area (Å²) in [4.78, 5) is 11.3. The van der Waals surface area contributed by atoms with Crippen molar-refractivity contribution in [3.63, 3.8) is 0 Å². The fourth-order valence-corrected chi connectivity index (χ4v) is 2.34. The molecule has 0 heterocycles. The number of halogens is 3. The van der Waals surface area contributed by atoms with Crippen molar-refractivity contribution in [2.45, 2.75) is 18.3 Å². The summed E-state index contributed by atoms with van der Waals surface area (Å²) in [5.74, 6) is -2.77. The van der Waals surface area contributed by atoms with Gasteiger partial charge in [-0.2, -0.15) is 0 Å². The van der Waals surface area contributed by atoms with E-state index in [1.807, 2.05) is 0 Å². The number of carbonyl (C=O) groups is 1. The van der Waals surface area contributed by atoms with Gasteiger partial charge in [0, 0.05) is 11.5 Å². The third-order valence-corrected chi connectivity index (χ3v) is 3.28. The maximum absolute atomic E-state index is 12.6. The Morgan fingerprint density at radius 1 is 1.04 bits per heavy atom. The molecule has 0 radical (unpaired) electrons. The number of nitrogens with two attached hydrogens (primary N) is 1. The largest absolute Gasteiger partial charge is 0.573 e. The summed E-state index contributed by atoms with van der Waals surface area (Å²) in [7, 11) is 0. The van der Waals surface area contributed by atoms with E-state index in [0.717, 1.165) is 6.07 Å². The van der Waals surface area contributed by atoms with E-state index in [0.29, 0.717) is 5.56 Å². The average Bonchev–Trinajstić information content (AvgIpc) is 2.48. The highest BCUT2D eigenvalue weighted by atomic mass is 19.4. The number of benzene rings is 2. The number of para-hydroxylation sites is 1. The van der Waals surface area contributed by atoms with Gasteiger partial charge in [-0.3, -0.25) is 4.79 Å². The summed E-state index contributed by atoms with van der Waals surface area (Å²) in [6.07, 6.45) is -4.88. The number of aliphatic carboxylic acids is 1. The molecule has 23 heavy (non-hydrogen) atoms. The van der Waals surface area contributed by atoms with Gasteiger partial charge in [0.1, 0.15) is 11.8 Å². The Hall–Kier alpha value is -2.54. The quantitative estimate of drug-likeness (QED) is 0.886. The summed E-state index contributed by atoms with van der Waals surface area (Å²) in [5, 5.41) is 9.21. The normalized spacial score (nSPS) is 14.1. The lowest BCUT2D eigenvalue weighted by atomic mass is 9.85. The smallest absolute Gasteiger partial charge is 0.480 e. The van der Waals surface area contributed by atoms with Crippen LogP contribution in [0.3, 0.4) is 0 Å². The summed E-state index contributed by atoms with van der Waals surface area (Å²) in [6.45, 7) is 0. The van der Waals surface area contributed by atoms with Crippen LogP contribution in [0.15, 0.2) is 54.6 Å². The Bertz CT molecular complexity index is 674. The van der Waals surface area contributed by atoms with Crippen molar-refractivity contribution in [2.75, 3.05) is 0 Å². The molecule has 2 aromatic rings. The molecule has 0 aromatic heterocycles. The molecule has 0 saturated carbocycles. The van der Waals surface area contributed by atoms with Crippen LogP contribution in [0.2, 0.25) is 0 Å². The first-order valence-corrected chi connectivity index (χ1v) is 6.67. The van der Waals surface area contributed by atoms with Crippen molar-refractivity contribution >= 4 is 5.97 Å². The zero-order valence-corrected chi connectivity index (χ0v) is 11.8. The van der Waals surface area contributed by atoms with Crippen LogP contribution in [-0.4, -0.2) is 23.5 Å². The van der Waals surface area contributed by atoms with Gasteiger partial charge in [-0.05, 0) is 11.6 Å². The fourth-order valence-electron chi connectivity index (χ4n) is 2.34. The monoisotopic (exact) mass is 325 g/mol. The van der Waals surface area contributed by atoms with E-state index in [2.05, 4.69) is 4.74 Å². The molecule has 4 nitrogen and oxygen atoms in total. The zero-order valence-electron chi connectivity index (χ0n) is 11.8. The Labute approximate surface area is 130 Å². The van der Waals surface area contributed by atoms with Crippen molar-refractivity contribution in [3.8, 4) is 5.75 Å². The predicted molar refractivity (Wildman–Crippen MR) is 77.0 cm³/mol. The summed E-state index contributed by atoms with van der Waals surface area (Å²) < 4.78 is 41.7. The minimum Gasteiger partial charge on any atom is -0.480 e. The number of hydrogen-bond donors (Lipinski definition) is 2. The molecule has 0 aliphatic rings. The predicted octanol–water partition coefficient (Wildman–Crippen LogP) is 3.13. The van der Waals surface area contributed by atoms with Crippen molar-refractivity contribution in [2.24, 2.45) is 5.73 Å². The van der Waals surface area contributed by atoms with Gasteiger partial charge in [0.2, 0.25) is 0 Å². The number of carboxylic acids is 1. The highest BCUT2D eigenvalue weighted by Crippen LogP contribution is 2.36. The van der Waals surface area contributed by atoms with Crippen molar-refractivity contribution in [3.05, 3.63) is 65.7 Å². The van der Waals surface area contributed by atoms with E-state index in [9.17, 15) is 23.1 Å². The van der Waals surface area contributed by atoms with Crippen LogP contribution in [0.5, 0.6) is 5.75 Å². The Morgan fingerprint density at radius 3 is 2.17 bits per heavy atom. The van der Waals surface area contributed by atoms with Crippen LogP contribution in [0.25, 0.3) is 0 Å². The van der Waals surface area contributed by atoms with E-state index in [-0.39, 0.29) is 5.56 Å². The molecule has 2 atom stereocenters. The van der Waals surface area contributed by atoms with Gasteiger partial charge in [0.15, 0.2) is 0 Å². The summed E-state index contributed by atoms with van der Waals surface area (Å²) >= 11 is 0. The second-order valence-corrected chi connectivity index (χ2v) is 4.84. The van der Waals surface area contributed by atoms with Gasteiger partial charge in [0.25, 0.3) is 0 Å². The minimum atomic E-state index is -4.88. The molecule has 0 amide bonds. The third-order valence-electron chi connectivity index (χ3n) is 3.28. The molecule has 0 bridgehead atoms. The van der Waals surface area contributed by atoms with Crippen LogP contribution in [-0.2, 0) is 4.79 Å². The molecule has 0 saturated heterocycles. The van der Waals surface area contributed by atoms with E-state index in [4.69, 9.17) is 5.73 Å². The van der Waals surface area contributed by atoms with Crippen LogP contribution < -0.4 is 10.5 Å². The van der Waals surface area contributed by atoms with Crippen LogP contribution in [0.1, 0.15) is 17.0 Å². The first kappa shape index (κ1) is 16.8. The van der Waals surface area contributed by atoms with Gasteiger partial charge in [0.05, 0.1) is 0 Å². The highest BCUT2D eigenvalue weighted by Gasteiger charge is 2.35. The van der Waals surface area contributed by atoms with E-state index < -0.39 is 30.0 Å². The molecule has 0 aliphatic heterocycles. The molecule has 1 unspecified atom stereocenters. The molecule has 0 spiro atoms. The number of rotatable bonds is 5. The lowest BCUT2D eigenvalue weighted by Gasteiger charge is -2.24. The van der Waals surface area contributed by atoms with E-state index >= 15 is 0 Å². The standard InChI is InChI=1S/C16H14F3NO3/c17-16(18,19)23-12-9-5-4-8-11(12)13(14(20)15(21)22)10-6-2-1-3-7-10/h1-9,13-14H,20H2,(H,21,22)/t13?,14-/m1/s1. The lowest BCUT2D eigenvalue weighted by molar-refractivity contribution is -0.274. The number of ether oxygens (including phenoxy) is 1. The molecular formula is C16H14F3NO3. The van der Waals surface area contributed by atoms with Gasteiger partial charge >= 0.3 is 12.3 Å².